The van der Waals surface area contributed by atoms with Gasteiger partial charge in [-0.25, -0.2) is 12.8 Å². The second-order valence-electron chi connectivity index (χ2n) is 9.11. The van der Waals surface area contributed by atoms with E-state index in [-0.39, 0.29) is 30.2 Å². The summed E-state index contributed by atoms with van der Waals surface area (Å²) in [6, 6.07) is 9.71. The number of hydrogen-bond donors (Lipinski definition) is 1. The lowest BCUT2D eigenvalue weighted by Gasteiger charge is -2.29. The molecule has 0 radical (unpaired) electrons. The predicted molar refractivity (Wildman–Crippen MR) is 129 cm³/mol. The molecule has 0 fully saturated rings. The van der Waals surface area contributed by atoms with Crippen LogP contribution in [0.2, 0.25) is 0 Å². The molecule has 182 valence electrons. The number of carbonyl (C=O) groups is 1. The Kier molecular flexibility index (Phi) is 6.06. The van der Waals surface area contributed by atoms with Gasteiger partial charge in [-0.3, -0.25) is 9.78 Å². The summed E-state index contributed by atoms with van der Waals surface area (Å²) in [6.45, 7) is 2.08. The van der Waals surface area contributed by atoms with Gasteiger partial charge in [-0.2, -0.15) is 0 Å². The van der Waals surface area contributed by atoms with Crippen LogP contribution in [0.4, 0.5) is 4.39 Å². The number of aromatic nitrogens is 2. The Morgan fingerprint density at radius 3 is 2.77 bits per heavy atom. The number of aryl methyl sites for hydroxylation is 1. The number of hydrogen-bond acceptors (Lipinski definition) is 5. The van der Waals surface area contributed by atoms with Gasteiger partial charge in [0.1, 0.15) is 5.82 Å². The molecule has 1 amide bonds. The Morgan fingerprint density at radius 2 is 2.09 bits per heavy atom. The first-order valence-corrected chi connectivity index (χ1v) is 13.2. The van der Waals surface area contributed by atoms with Crippen LogP contribution in [0.3, 0.4) is 0 Å². The van der Waals surface area contributed by atoms with E-state index in [0.717, 1.165) is 22.2 Å². The zero-order valence-corrected chi connectivity index (χ0v) is 20.1. The van der Waals surface area contributed by atoms with Crippen molar-refractivity contribution in [3.05, 3.63) is 94.2 Å². The van der Waals surface area contributed by atoms with Crippen molar-refractivity contribution < 1.29 is 22.7 Å². The van der Waals surface area contributed by atoms with E-state index in [1.807, 2.05) is 29.8 Å². The van der Waals surface area contributed by atoms with E-state index in [0.29, 0.717) is 24.2 Å². The van der Waals surface area contributed by atoms with E-state index in [1.165, 1.54) is 17.0 Å². The lowest BCUT2D eigenvalue weighted by atomic mass is 10.0. The molecule has 1 N–H and O–H groups in total. The first-order chi connectivity index (χ1) is 16.7. The number of sulfone groups is 1. The zero-order chi connectivity index (χ0) is 24.7. The van der Waals surface area contributed by atoms with Gasteiger partial charge in [0.15, 0.2) is 9.84 Å². The van der Waals surface area contributed by atoms with Crippen molar-refractivity contribution in [2.24, 2.45) is 0 Å². The molecule has 3 heterocycles. The summed E-state index contributed by atoms with van der Waals surface area (Å²) in [5.41, 5.74) is 4.18. The van der Waals surface area contributed by atoms with Gasteiger partial charge in [0, 0.05) is 35.7 Å². The quantitative estimate of drug-likeness (QED) is 0.567. The Bertz CT molecular complexity index is 1430. The largest absolute Gasteiger partial charge is 0.387 e. The second-order valence-corrected chi connectivity index (χ2v) is 11.0. The van der Waals surface area contributed by atoms with Gasteiger partial charge >= 0.3 is 0 Å². The van der Waals surface area contributed by atoms with Crippen molar-refractivity contribution in [1.29, 1.82) is 0 Å². The summed E-state index contributed by atoms with van der Waals surface area (Å²) >= 11 is 0. The van der Waals surface area contributed by atoms with Crippen molar-refractivity contribution in [1.82, 2.24) is 14.5 Å². The van der Waals surface area contributed by atoms with Gasteiger partial charge in [0.05, 0.1) is 30.0 Å². The fourth-order valence-corrected chi connectivity index (χ4v) is 6.17. The van der Waals surface area contributed by atoms with Crippen LogP contribution >= 0.6 is 0 Å². The topological polar surface area (TPSA) is 92.5 Å². The van der Waals surface area contributed by atoms with Gasteiger partial charge in [0.25, 0.3) is 0 Å². The molecule has 3 aromatic rings. The van der Waals surface area contributed by atoms with Gasteiger partial charge in [-0.15, -0.1) is 0 Å². The van der Waals surface area contributed by atoms with Crippen LogP contribution in [-0.4, -0.2) is 45.7 Å². The minimum absolute atomic E-state index is 0.156. The highest BCUT2D eigenvalue weighted by molar-refractivity contribution is 7.94. The monoisotopic (exact) mass is 495 g/mol. The second kappa shape index (κ2) is 9.05. The molecule has 35 heavy (non-hydrogen) atoms. The molecule has 0 spiro atoms. The summed E-state index contributed by atoms with van der Waals surface area (Å²) in [5, 5.41) is 11.3. The fourth-order valence-electron chi connectivity index (χ4n) is 4.87. The molecule has 0 saturated carbocycles. The molecule has 0 saturated heterocycles. The minimum atomic E-state index is -3.41. The highest BCUT2D eigenvalue weighted by atomic mass is 32.2. The predicted octanol–water partition coefficient (Wildman–Crippen LogP) is 3.18. The van der Waals surface area contributed by atoms with E-state index in [4.69, 9.17) is 0 Å². The van der Waals surface area contributed by atoms with Crippen molar-refractivity contribution in [2.45, 2.75) is 44.9 Å². The van der Waals surface area contributed by atoms with Crippen molar-refractivity contribution >= 4 is 15.7 Å². The molecule has 5 rings (SSSR count). The first kappa shape index (κ1) is 23.4. The third-order valence-electron chi connectivity index (χ3n) is 6.75. The molecular weight excluding hydrogens is 469 g/mol. The number of pyridine rings is 1. The Labute approximate surface area is 203 Å². The molecule has 9 heteroatoms. The number of amides is 1. The molecule has 2 aromatic heterocycles. The average molecular weight is 496 g/mol. The molecule has 1 aliphatic carbocycles. The van der Waals surface area contributed by atoms with Crippen LogP contribution in [0.15, 0.2) is 60.3 Å². The highest BCUT2D eigenvalue weighted by Crippen LogP contribution is 2.32. The maximum Gasteiger partial charge on any atom is 0.227 e. The summed E-state index contributed by atoms with van der Waals surface area (Å²) < 4.78 is 41.1. The van der Waals surface area contributed by atoms with Crippen LogP contribution in [0.25, 0.3) is 5.69 Å². The standard InChI is InChI=1S/C26H26FN3O4S/c1-17-3-2-11-29(17)20-5-4-18(23(27)14-20)13-25(32)30(21-9-12-35(33,34)16-21)15-19-8-10-28-26-22(19)6-7-24(26)31/h2-5,8-12,14,21,24,31H,6-7,13,15-16H2,1H3. The number of fused-ring (bicyclic) bond motifs is 1. The Hall–Kier alpha value is -3.30. The van der Waals surface area contributed by atoms with Crippen LogP contribution in [0.1, 0.15) is 40.6 Å². The summed E-state index contributed by atoms with van der Waals surface area (Å²) in [6.07, 6.45) is 5.30. The number of aliphatic hydroxyl groups excluding tert-OH is 1. The fraction of sp³-hybridized carbons (Fsp3) is 0.308. The van der Waals surface area contributed by atoms with Gasteiger partial charge in [0.2, 0.25) is 5.91 Å². The number of benzene rings is 1. The Balaban J connectivity index is 1.42. The smallest absolute Gasteiger partial charge is 0.227 e. The number of rotatable bonds is 6. The molecule has 2 aliphatic rings. The van der Waals surface area contributed by atoms with E-state index in [2.05, 4.69) is 4.98 Å². The Morgan fingerprint density at radius 1 is 1.26 bits per heavy atom. The van der Waals surface area contributed by atoms with Crippen LogP contribution in [0, 0.1) is 12.7 Å². The van der Waals surface area contributed by atoms with E-state index in [1.54, 1.807) is 24.4 Å². The summed E-state index contributed by atoms with van der Waals surface area (Å²) in [4.78, 5) is 19.2. The van der Waals surface area contributed by atoms with Crippen molar-refractivity contribution in [2.75, 3.05) is 5.75 Å². The normalized spacial score (nSPS) is 20.2. The lowest BCUT2D eigenvalue weighted by Crippen LogP contribution is -2.41. The van der Waals surface area contributed by atoms with Crippen LogP contribution in [-0.2, 0) is 34.0 Å². The van der Waals surface area contributed by atoms with Crippen LogP contribution < -0.4 is 0 Å². The zero-order valence-electron chi connectivity index (χ0n) is 19.3. The molecule has 1 aromatic carbocycles. The van der Waals surface area contributed by atoms with Gasteiger partial charge in [-0.05, 0) is 72.9 Å². The number of carbonyl (C=O) groups excluding carboxylic acids is 1. The molecule has 7 nitrogen and oxygen atoms in total. The maximum absolute atomic E-state index is 15.0. The van der Waals surface area contributed by atoms with Crippen molar-refractivity contribution in [3.8, 4) is 5.69 Å². The van der Waals surface area contributed by atoms with Crippen LogP contribution in [0.5, 0.6) is 0 Å². The van der Waals surface area contributed by atoms with E-state index < -0.39 is 27.8 Å². The average Bonchev–Trinajstić information content (AvgIpc) is 3.52. The van der Waals surface area contributed by atoms with Gasteiger partial charge in [-0.1, -0.05) is 6.07 Å². The van der Waals surface area contributed by atoms with E-state index >= 15 is 4.39 Å². The van der Waals surface area contributed by atoms with E-state index in [9.17, 15) is 18.3 Å². The highest BCUT2D eigenvalue weighted by Gasteiger charge is 2.32. The molecular formula is C26H26FN3O4S. The number of halogens is 1. The SMILES string of the molecule is Cc1cccn1-c1ccc(CC(=O)N(Cc2ccnc3c2CCC3O)C2C=CS(=O)(=O)C2)c(F)c1. The molecule has 2 atom stereocenters. The molecule has 2 unspecified atom stereocenters. The molecule has 0 bridgehead atoms. The first-order valence-electron chi connectivity index (χ1n) is 11.5. The summed E-state index contributed by atoms with van der Waals surface area (Å²) in [7, 11) is -3.41. The number of aliphatic hydroxyl groups is 1. The third kappa shape index (κ3) is 4.66. The summed E-state index contributed by atoms with van der Waals surface area (Å²) in [5.74, 6) is -1.07. The van der Waals surface area contributed by atoms with Crippen molar-refractivity contribution in [3.63, 3.8) is 0 Å². The van der Waals surface area contributed by atoms with Gasteiger partial charge < -0.3 is 14.6 Å². The lowest BCUT2D eigenvalue weighted by molar-refractivity contribution is -0.132. The number of nitrogens with zero attached hydrogens (tertiary/aromatic N) is 3. The maximum atomic E-state index is 15.0. The minimum Gasteiger partial charge on any atom is -0.387 e. The third-order valence-corrected chi connectivity index (χ3v) is 8.13. The molecule has 1 aliphatic heterocycles.